The van der Waals surface area contributed by atoms with E-state index in [4.69, 9.17) is 0 Å². The van der Waals surface area contributed by atoms with E-state index in [2.05, 4.69) is 39.9 Å². The van der Waals surface area contributed by atoms with Gasteiger partial charge in [0.15, 0.2) is 0 Å². The van der Waals surface area contributed by atoms with Gasteiger partial charge in [-0.05, 0) is 57.0 Å². The molecule has 4 rings (SSSR count). The van der Waals surface area contributed by atoms with Crippen LogP contribution in [-0.4, -0.2) is 56.7 Å². The highest BCUT2D eigenvalue weighted by Crippen LogP contribution is 2.58. The van der Waals surface area contributed by atoms with Crippen LogP contribution in [0, 0.1) is 35.5 Å². The van der Waals surface area contributed by atoms with Crippen molar-refractivity contribution in [3.63, 3.8) is 0 Å². The Balaban J connectivity index is 1.78. The molecule has 128 valence electrons. The van der Waals surface area contributed by atoms with E-state index in [9.17, 15) is 0 Å². The summed E-state index contributed by atoms with van der Waals surface area (Å²) >= 11 is 0. The van der Waals surface area contributed by atoms with E-state index >= 15 is 0 Å². The summed E-state index contributed by atoms with van der Waals surface area (Å²) < 4.78 is 1.39. The molecule has 2 bridgehead atoms. The van der Waals surface area contributed by atoms with Crippen molar-refractivity contribution in [1.29, 1.82) is 0 Å². The molecule has 0 amide bonds. The highest BCUT2D eigenvalue weighted by molar-refractivity contribution is 5.03. The van der Waals surface area contributed by atoms with Crippen LogP contribution < -0.4 is 0 Å². The van der Waals surface area contributed by atoms with Gasteiger partial charge >= 0.3 is 0 Å². The highest BCUT2D eigenvalue weighted by atomic mass is 15.4. The van der Waals surface area contributed by atoms with E-state index < -0.39 is 0 Å². The molecule has 2 heteroatoms. The number of rotatable bonds is 6. The van der Waals surface area contributed by atoms with Gasteiger partial charge in [0.25, 0.3) is 0 Å². The molecule has 1 heterocycles. The van der Waals surface area contributed by atoms with Crippen LogP contribution in [0.3, 0.4) is 0 Å². The van der Waals surface area contributed by atoms with E-state index in [-0.39, 0.29) is 0 Å². The van der Waals surface area contributed by atoms with E-state index in [0.717, 1.165) is 35.5 Å². The molecule has 0 aromatic rings. The summed E-state index contributed by atoms with van der Waals surface area (Å²) in [5.41, 5.74) is 0. The van der Waals surface area contributed by atoms with Gasteiger partial charge < -0.3 is 9.38 Å². The zero-order chi connectivity index (χ0) is 15.9. The smallest absolute Gasteiger partial charge is 0.0821 e. The number of likely N-dealkylation sites (tertiary alicyclic amines) is 1. The molecule has 4 fully saturated rings. The monoisotopic (exact) mass is 307 g/mol. The van der Waals surface area contributed by atoms with E-state index in [0.29, 0.717) is 0 Å². The Morgan fingerprint density at radius 1 is 0.909 bits per heavy atom. The number of hydrogen-bond acceptors (Lipinski definition) is 1. The summed E-state index contributed by atoms with van der Waals surface area (Å²) in [4.78, 5) is 2.46. The van der Waals surface area contributed by atoms with Gasteiger partial charge in [-0.2, -0.15) is 0 Å². The molecule has 3 saturated carbocycles. The lowest BCUT2D eigenvalue weighted by Crippen LogP contribution is -2.52. The van der Waals surface area contributed by atoms with Gasteiger partial charge in [0.2, 0.25) is 0 Å². The second-order valence-corrected chi connectivity index (χ2v) is 9.29. The van der Waals surface area contributed by atoms with Crippen molar-refractivity contribution < 1.29 is 4.48 Å². The molecule has 4 aliphatic rings. The van der Waals surface area contributed by atoms with Crippen molar-refractivity contribution in [3.8, 4) is 0 Å². The first-order chi connectivity index (χ1) is 10.5. The molecule has 0 aromatic heterocycles. The third-order valence-electron chi connectivity index (χ3n) is 7.54. The Morgan fingerprint density at radius 3 is 2.00 bits per heavy atom. The van der Waals surface area contributed by atoms with E-state index in [1.807, 2.05) is 0 Å². The Morgan fingerprint density at radius 2 is 1.50 bits per heavy atom. The summed E-state index contributed by atoms with van der Waals surface area (Å²) in [5.74, 6) is 6.19. The Labute approximate surface area is 138 Å². The van der Waals surface area contributed by atoms with Crippen molar-refractivity contribution >= 4 is 0 Å². The maximum absolute atomic E-state index is 2.56. The molecular formula is C20H39N2+. The molecule has 1 saturated heterocycles. The number of fused-ring (bicyclic) bond motifs is 2. The fraction of sp³-hybridized carbons (Fsp3) is 1.00. The second kappa shape index (κ2) is 6.43. The van der Waals surface area contributed by atoms with Crippen LogP contribution >= 0.6 is 0 Å². The SMILES string of the molecule is CCCC[N+]1(C)CC2C3CCC(C(CN(C)C)C3CC)C2C1. The van der Waals surface area contributed by atoms with Crippen LogP contribution in [0.15, 0.2) is 0 Å². The van der Waals surface area contributed by atoms with Crippen molar-refractivity contribution in [2.75, 3.05) is 47.3 Å². The zero-order valence-electron chi connectivity index (χ0n) is 15.7. The quantitative estimate of drug-likeness (QED) is 0.676. The van der Waals surface area contributed by atoms with Crippen molar-refractivity contribution in [3.05, 3.63) is 0 Å². The first kappa shape index (κ1) is 16.8. The van der Waals surface area contributed by atoms with Gasteiger partial charge in [-0.25, -0.2) is 0 Å². The molecule has 0 radical (unpaired) electrons. The van der Waals surface area contributed by atoms with Crippen molar-refractivity contribution in [2.45, 2.75) is 46.0 Å². The van der Waals surface area contributed by atoms with Crippen molar-refractivity contribution in [1.82, 2.24) is 4.90 Å². The molecule has 7 unspecified atom stereocenters. The maximum Gasteiger partial charge on any atom is 0.0821 e. The largest absolute Gasteiger partial charge is 0.326 e. The average molecular weight is 308 g/mol. The van der Waals surface area contributed by atoms with Gasteiger partial charge in [0.05, 0.1) is 26.7 Å². The standard InChI is InChI=1S/C20H39N2/c1-6-8-11-22(5)13-19-16-9-10-17(20(19)14-22)18(12-21(3)4)15(16)7-2/h15-20H,6-14H2,1-5H3/q+1. The van der Waals surface area contributed by atoms with Gasteiger partial charge in [-0.15, -0.1) is 0 Å². The fourth-order valence-electron chi connectivity index (χ4n) is 6.80. The predicted octanol–water partition coefficient (Wildman–Crippen LogP) is 3.72. The summed E-state index contributed by atoms with van der Waals surface area (Å²) in [6.07, 6.45) is 7.28. The summed E-state index contributed by atoms with van der Waals surface area (Å²) in [6.45, 7) is 10.6. The third kappa shape index (κ3) is 2.86. The minimum Gasteiger partial charge on any atom is -0.326 e. The number of nitrogens with zero attached hydrogens (tertiary/aromatic N) is 2. The van der Waals surface area contributed by atoms with Crippen LogP contribution in [0.25, 0.3) is 0 Å². The predicted molar refractivity (Wildman–Crippen MR) is 94.7 cm³/mol. The molecule has 22 heavy (non-hydrogen) atoms. The number of hydrogen-bond donors (Lipinski definition) is 0. The van der Waals surface area contributed by atoms with E-state index in [1.54, 1.807) is 6.42 Å². The normalized spacial score (nSPS) is 47.2. The molecule has 0 N–H and O–H groups in total. The first-order valence-corrected chi connectivity index (χ1v) is 9.97. The minimum atomic E-state index is 0.984. The summed E-state index contributed by atoms with van der Waals surface area (Å²) in [7, 11) is 7.13. The minimum absolute atomic E-state index is 0.984. The van der Waals surface area contributed by atoms with Crippen LogP contribution in [0.4, 0.5) is 0 Å². The maximum atomic E-state index is 2.56. The Kier molecular flexibility index (Phi) is 4.90. The molecule has 2 nitrogen and oxygen atoms in total. The third-order valence-corrected chi connectivity index (χ3v) is 7.54. The van der Waals surface area contributed by atoms with Crippen LogP contribution in [0.2, 0.25) is 0 Å². The molecule has 0 spiro atoms. The lowest BCUT2D eigenvalue weighted by molar-refractivity contribution is -0.900. The Hall–Kier alpha value is -0.0800. The lowest BCUT2D eigenvalue weighted by atomic mass is 9.50. The molecule has 3 aliphatic carbocycles. The van der Waals surface area contributed by atoms with Crippen LogP contribution in [0.5, 0.6) is 0 Å². The van der Waals surface area contributed by atoms with Gasteiger partial charge in [0.1, 0.15) is 0 Å². The average Bonchev–Trinajstić information content (AvgIpc) is 2.84. The van der Waals surface area contributed by atoms with E-state index in [1.165, 1.54) is 56.3 Å². The molecule has 1 aliphatic heterocycles. The second-order valence-electron chi connectivity index (χ2n) is 9.29. The van der Waals surface area contributed by atoms with Crippen molar-refractivity contribution in [2.24, 2.45) is 35.5 Å². The first-order valence-electron chi connectivity index (χ1n) is 9.97. The summed E-state index contributed by atoms with van der Waals surface area (Å²) in [6, 6.07) is 0. The fourth-order valence-corrected chi connectivity index (χ4v) is 6.80. The lowest BCUT2D eigenvalue weighted by Gasteiger charge is -2.54. The topological polar surface area (TPSA) is 3.24 Å². The highest BCUT2D eigenvalue weighted by Gasteiger charge is 2.59. The number of unbranched alkanes of at least 4 members (excludes halogenated alkanes) is 1. The van der Waals surface area contributed by atoms with Gasteiger partial charge in [-0.1, -0.05) is 26.7 Å². The van der Waals surface area contributed by atoms with Crippen LogP contribution in [0.1, 0.15) is 46.0 Å². The summed E-state index contributed by atoms with van der Waals surface area (Å²) in [5, 5.41) is 0. The number of quaternary nitrogens is 1. The van der Waals surface area contributed by atoms with Gasteiger partial charge in [0, 0.05) is 18.4 Å². The molecule has 7 atom stereocenters. The molecule has 0 aromatic carbocycles. The van der Waals surface area contributed by atoms with Crippen LogP contribution in [-0.2, 0) is 0 Å². The molecular weight excluding hydrogens is 268 g/mol. The Bertz CT molecular complexity index is 380. The van der Waals surface area contributed by atoms with Gasteiger partial charge in [-0.3, -0.25) is 0 Å². The zero-order valence-corrected chi connectivity index (χ0v) is 15.7.